The SMILES string of the molecule is CCC1CN(C(=O)Nc2cccc(N)c2)CCS1. The number of hydrogen-bond donors (Lipinski definition) is 2. The number of nitrogens with two attached hydrogens (primary N) is 1. The van der Waals surface area contributed by atoms with Crippen LogP contribution in [-0.4, -0.2) is 35.0 Å². The lowest BCUT2D eigenvalue weighted by atomic mass is 10.3. The first-order valence-corrected chi connectivity index (χ1v) is 7.27. The molecule has 0 bridgehead atoms. The molecule has 1 saturated heterocycles. The monoisotopic (exact) mass is 265 g/mol. The summed E-state index contributed by atoms with van der Waals surface area (Å²) >= 11 is 1.95. The van der Waals surface area contributed by atoms with Crippen LogP contribution >= 0.6 is 11.8 Å². The molecule has 0 aromatic heterocycles. The highest BCUT2D eigenvalue weighted by molar-refractivity contribution is 8.00. The predicted octanol–water partition coefficient (Wildman–Crippen LogP) is 2.63. The van der Waals surface area contributed by atoms with Gasteiger partial charge < -0.3 is 16.0 Å². The fraction of sp³-hybridized carbons (Fsp3) is 0.462. The number of anilines is 2. The Hall–Kier alpha value is -1.36. The Balaban J connectivity index is 1.95. The molecule has 4 nitrogen and oxygen atoms in total. The summed E-state index contributed by atoms with van der Waals surface area (Å²) in [5.41, 5.74) is 7.10. The number of nitrogens with one attached hydrogen (secondary N) is 1. The fourth-order valence-corrected chi connectivity index (χ4v) is 3.15. The van der Waals surface area contributed by atoms with Gasteiger partial charge in [-0.2, -0.15) is 11.8 Å². The van der Waals surface area contributed by atoms with Gasteiger partial charge in [0.2, 0.25) is 0 Å². The van der Waals surface area contributed by atoms with Gasteiger partial charge >= 0.3 is 6.03 Å². The van der Waals surface area contributed by atoms with E-state index >= 15 is 0 Å². The highest BCUT2D eigenvalue weighted by Gasteiger charge is 2.22. The quantitative estimate of drug-likeness (QED) is 0.808. The smallest absolute Gasteiger partial charge is 0.321 e. The Kier molecular flexibility index (Phi) is 4.36. The highest BCUT2D eigenvalue weighted by atomic mass is 32.2. The largest absolute Gasteiger partial charge is 0.399 e. The first-order valence-electron chi connectivity index (χ1n) is 6.22. The summed E-state index contributed by atoms with van der Waals surface area (Å²) in [6.45, 7) is 3.81. The molecule has 0 radical (unpaired) electrons. The standard InChI is InChI=1S/C13H19N3OS/c1-2-12-9-16(6-7-18-12)13(17)15-11-5-3-4-10(14)8-11/h3-5,8,12H,2,6-7,9,14H2,1H3,(H,15,17). The number of hydrogen-bond acceptors (Lipinski definition) is 3. The summed E-state index contributed by atoms with van der Waals surface area (Å²) in [5.74, 6) is 1.02. The Bertz CT molecular complexity index is 424. The molecule has 1 aromatic carbocycles. The fourth-order valence-electron chi connectivity index (χ4n) is 1.97. The first-order chi connectivity index (χ1) is 8.69. The molecule has 1 fully saturated rings. The van der Waals surface area contributed by atoms with Crippen LogP contribution in [0.2, 0.25) is 0 Å². The Morgan fingerprint density at radius 2 is 2.44 bits per heavy atom. The molecule has 1 aliphatic rings. The zero-order chi connectivity index (χ0) is 13.0. The van der Waals surface area contributed by atoms with Gasteiger partial charge in [0, 0.05) is 35.5 Å². The van der Waals surface area contributed by atoms with Crippen molar-refractivity contribution in [3.05, 3.63) is 24.3 Å². The number of benzene rings is 1. The van der Waals surface area contributed by atoms with Gasteiger partial charge in [0.1, 0.15) is 0 Å². The van der Waals surface area contributed by atoms with E-state index in [1.807, 2.05) is 28.8 Å². The zero-order valence-corrected chi connectivity index (χ0v) is 11.4. The van der Waals surface area contributed by atoms with Gasteiger partial charge in [-0.05, 0) is 24.6 Å². The van der Waals surface area contributed by atoms with E-state index in [4.69, 9.17) is 5.73 Å². The van der Waals surface area contributed by atoms with Crippen molar-refractivity contribution < 1.29 is 4.79 Å². The van der Waals surface area contributed by atoms with E-state index in [9.17, 15) is 4.79 Å². The van der Waals surface area contributed by atoms with E-state index < -0.39 is 0 Å². The second kappa shape index (κ2) is 6.00. The molecule has 3 N–H and O–H groups in total. The Morgan fingerprint density at radius 3 is 3.17 bits per heavy atom. The van der Waals surface area contributed by atoms with Crippen molar-refractivity contribution in [3.8, 4) is 0 Å². The minimum absolute atomic E-state index is 0.0284. The molecule has 1 heterocycles. The third-order valence-electron chi connectivity index (χ3n) is 3.02. The van der Waals surface area contributed by atoms with E-state index in [1.165, 1.54) is 0 Å². The van der Waals surface area contributed by atoms with E-state index in [0.717, 1.165) is 31.0 Å². The van der Waals surface area contributed by atoms with Gasteiger partial charge in [0.15, 0.2) is 0 Å². The van der Waals surface area contributed by atoms with Crippen LogP contribution in [0.25, 0.3) is 0 Å². The summed E-state index contributed by atoms with van der Waals surface area (Å²) in [7, 11) is 0. The predicted molar refractivity (Wildman–Crippen MR) is 78.0 cm³/mol. The number of nitrogen functional groups attached to an aromatic ring is 1. The van der Waals surface area contributed by atoms with E-state index in [-0.39, 0.29) is 6.03 Å². The third kappa shape index (κ3) is 3.32. The van der Waals surface area contributed by atoms with Crippen LogP contribution in [0.3, 0.4) is 0 Å². The molecular weight excluding hydrogens is 246 g/mol. The van der Waals surface area contributed by atoms with Crippen molar-refractivity contribution in [3.63, 3.8) is 0 Å². The van der Waals surface area contributed by atoms with Crippen LogP contribution in [0.5, 0.6) is 0 Å². The second-order valence-corrected chi connectivity index (χ2v) is 5.81. The van der Waals surface area contributed by atoms with E-state index in [1.54, 1.807) is 12.1 Å². The lowest BCUT2D eigenvalue weighted by Crippen LogP contribution is -2.43. The second-order valence-electron chi connectivity index (χ2n) is 4.40. The number of amides is 2. The van der Waals surface area contributed by atoms with Crippen molar-refractivity contribution >= 4 is 29.2 Å². The van der Waals surface area contributed by atoms with Crippen LogP contribution < -0.4 is 11.1 Å². The van der Waals surface area contributed by atoms with Crippen LogP contribution in [0.15, 0.2) is 24.3 Å². The number of nitrogens with zero attached hydrogens (tertiary/aromatic N) is 1. The molecule has 5 heteroatoms. The number of thioether (sulfide) groups is 1. The van der Waals surface area contributed by atoms with Gasteiger partial charge in [0.25, 0.3) is 0 Å². The molecule has 1 unspecified atom stereocenters. The molecule has 0 spiro atoms. The van der Waals surface area contributed by atoms with Crippen molar-refractivity contribution in [1.29, 1.82) is 0 Å². The van der Waals surface area contributed by atoms with Crippen LogP contribution in [0, 0.1) is 0 Å². The first kappa shape index (κ1) is 13.1. The zero-order valence-electron chi connectivity index (χ0n) is 10.6. The maximum atomic E-state index is 12.1. The summed E-state index contributed by atoms with van der Waals surface area (Å²) in [4.78, 5) is 14.0. The molecule has 1 aromatic rings. The number of rotatable bonds is 2. The molecule has 1 aliphatic heterocycles. The molecule has 0 aliphatic carbocycles. The lowest BCUT2D eigenvalue weighted by molar-refractivity contribution is 0.213. The Labute approximate surface area is 112 Å². The molecule has 0 saturated carbocycles. The van der Waals surface area contributed by atoms with Crippen molar-refractivity contribution in [2.24, 2.45) is 0 Å². The molecule has 2 amide bonds. The molecule has 2 rings (SSSR count). The molecular formula is C13H19N3OS. The van der Waals surface area contributed by atoms with Gasteiger partial charge in [-0.25, -0.2) is 4.79 Å². The van der Waals surface area contributed by atoms with Crippen LogP contribution in [0.4, 0.5) is 16.2 Å². The third-order valence-corrected chi connectivity index (χ3v) is 4.39. The van der Waals surface area contributed by atoms with Crippen molar-refractivity contribution in [2.75, 3.05) is 29.9 Å². The highest BCUT2D eigenvalue weighted by Crippen LogP contribution is 2.22. The summed E-state index contributed by atoms with van der Waals surface area (Å²) in [6.07, 6.45) is 1.10. The van der Waals surface area contributed by atoms with Crippen molar-refractivity contribution in [2.45, 2.75) is 18.6 Å². The minimum atomic E-state index is -0.0284. The topological polar surface area (TPSA) is 58.4 Å². The summed E-state index contributed by atoms with van der Waals surface area (Å²) in [5, 5.41) is 3.46. The maximum Gasteiger partial charge on any atom is 0.321 e. The van der Waals surface area contributed by atoms with Crippen LogP contribution in [0.1, 0.15) is 13.3 Å². The maximum absolute atomic E-state index is 12.1. The number of urea groups is 1. The molecule has 1 atom stereocenters. The number of carbonyl (C=O) groups is 1. The lowest BCUT2D eigenvalue weighted by Gasteiger charge is -2.31. The van der Waals surface area contributed by atoms with Gasteiger partial charge in [-0.15, -0.1) is 0 Å². The van der Waals surface area contributed by atoms with Gasteiger partial charge in [0.05, 0.1) is 0 Å². The minimum Gasteiger partial charge on any atom is -0.399 e. The molecule has 98 valence electrons. The number of carbonyl (C=O) groups excluding carboxylic acids is 1. The van der Waals surface area contributed by atoms with E-state index in [2.05, 4.69) is 12.2 Å². The van der Waals surface area contributed by atoms with Crippen LogP contribution in [-0.2, 0) is 0 Å². The van der Waals surface area contributed by atoms with E-state index in [0.29, 0.717) is 10.9 Å². The average molecular weight is 265 g/mol. The normalized spacial score (nSPS) is 19.6. The Morgan fingerprint density at radius 1 is 1.61 bits per heavy atom. The van der Waals surface area contributed by atoms with Gasteiger partial charge in [-0.3, -0.25) is 0 Å². The summed E-state index contributed by atoms with van der Waals surface area (Å²) in [6, 6.07) is 7.24. The van der Waals surface area contributed by atoms with Gasteiger partial charge in [-0.1, -0.05) is 13.0 Å². The van der Waals surface area contributed by atoms with Crippen molar-refractivity contribution in [1.82, 2.24) is 4.90 Å². The summed E-state index contributed by atoms with van der Waals surface area (Å²) < 4.78 is 0. The average Bonchev–Trinajstić information content (AvgIpc) is 2.39. The molecule has 18 heavy (non-hydrogen) atoms.